The van der Waals surface area contributed by atoms with E-state index in [4.69, 9.17) is 0 Å². The van der Waals surface area contributed by atoms with Crippen molar-refractivity contribution in [2.45, 2.75) is 199 Å². The second kappa shape index (κ2) is 29.5. The van der Waals surface area contributed by atoms with Gasteiger partial charge >= 0.3 is 0 Å². The van der Waals surface area contributed by atoms with Crippen LogP contribution in [0.15, 0.2) is 12.2 Å². The molecule has 0 aliphatic heterocycles. The van der Waals surface area contributed by atoms with Crippen LogP contribution in [0.25, 0.3) is 0 Å². The van der Waals surface area contributed by atoms with Crippen molar-refractivity contribution in [1.29, 1.82) is 0 Å². The summed E-state index contributed by atoms with van der Waals surface area (Å²) in [6, 6.07) is 0. The van der Waals surface area contributed by atoms with E-state index in [-0.39, 0.29) is 12.8 Å². The van der Waals surface area contributed by atoms with Gasteiger partial charge in [-0.25, -0.2) is 0 Å². The maximum absolute atomic E-state index is 12.3. The summed E-state index contributed by atoms with van der Waals surface area (Å²) in [7, 11) is 0. The highest BCUT2D eigenvalue weighted by molar-refractivity contribution is 5.87. The summed E-state index contributed by atoms with van der Waals surface area (Å²) < 4.78 is 0. The molecule has 40 heavy (non-hydrogen) atoms. The predicted octanol–water partition coefficient (Wildman–Crippen LogP) is 8.95. The van der Waals surface area contributed by atoms with Crippen LogP contribution in [0.5, 0.6) is 0 Å². The third-order valence-electron chi connectivity index (χ3n) is 8.02. The Morgan fingerprint density at radius 2 is 0.725 bits per heavy atom. The van der Waals surface area contributed by atoms with Gasteiger partial charge in [0.2, 0.25) is 0 Å². The zero-order valence-electron chi connectivity index (χ0n) is 26.4. The summed E-state index contributed by atoms with van der Waals surface area (Å²) in [5.41, 5.74) is 0. The molecule has 236 valence electrons. The molecule has 3 unspecified atom stereocenters. The van der Waals surface area contributed by atoms with Crippen LogP contribution in [0, 0.1) is 0 Å². The van der Waals surface area contributed by atoms with Crippen molar-refractivity contribution in [3.63, 3.8) is 0 Å². The smallest absolute Gasteiger partial charge is 0.164 e. The minimum absolute atomic E-state index is 0.163. The van der Waals surface area contributed by atoms with Crippen LogP contribution < -0.4 is 0 Å². The Labute approximate surface area is 247 Å². The number of ketones is 2. The fourth-order valence-electron chi connectivity index (χ4n) is 5.18. The van der Waals surface area contributed by atoms with Gasteiger partial charge < -0.3 is 15.3 Å². The van der Waals surface area contributed by atoms with E-state index in [0.29, 0.717) is 12.8 Å². The molecule has 0 aliphatic carbocycles. The van der Waals surface area contributed by atoms with E-state index in [1.807, 2.05) is 0 Å². The lowest BCUT2D eigenvalue weighted by Gasteiger charge is -2.21. The standard InChI is InChI=1S/C35H66O5/c1-3-5-7-9-11-13-15-16-17-18-20-22-24-26-28-30-32(37)34(39)35(40)33(38)31(36)29-27-25-23-21-19-14-12-10-8-6-4-2/h16-17,33-35,38-40H,3-15,18-30H2,1-2H3. The van der Waals surface area contributed by atoms with E-state index >= 15 is 0 Å². The van der Waals surface area contributed by atoms with Crippen LogP contribution in [0.2, 0.25) is 0 Å². The topological polar surface area (TPSA) is 94.8 Å². The minimum Gasteiger partial charge on any atom is -0.387 e. The van der Waals surface area contributed by atoms with Gasteiger partial charge in [0, 0.05) is 12.8 Å². The van der Waals surface area contributed by atoms with E-state index in [0.717, 1.165) is 51.4 Å². The molecule has 3 N–H and O–H groups in total. The molecule has 0 aromatic heterocycles. The molecule has 0 radical (unpaired) electrons. The zero-order valence-corrected chi connectivity index (χ0v) is 26.4. The Kier molecular flexibility index (Phi) is 28.7. The summed E-state index contributed by atoms with van der Waals surface area (Å²) in [5.74, 6) is -0.983. The van der Waals surface area contributed by atoms with Gasteiger partial charge in [0.15, 0.2) is 11.6 Å². The third-order valence-corrected chi connectivity index (χ3v) is 8.02. The number of allylic oxidation sites excluding steroid dienone is 2. The van der Waals surface area contributed by atoms with Gasteiger partial charge in [-0.2, -0.15) is 0 Å². The number of carbonyl (C=O) groups excluding carboxylic acids is 2. The number of hydrogen-bond acceptors (Lipinski definition) is 5. The van der Waals surface area contributed by atoms with Crippen molar-refractivity contribution in [1.82, 2.24) is 0 Å². The van der Waals surface area contributed by atoms with Gasteiger partial charge in [-0.3, -0.25) is 9.59 Å². The Hall–Kier alpha value is -1.04. The van der Waals surface area contributed by atoms with Gasteiger partial charge in [-0.15, -0.1) is 0 Å². The summed E-state index contributed by atoms with van der Waals surface area (Å²) >= 11 is 0. The quantitative estimate of drug-likeness (QED) is 0.0575. The molecule has 0 amide bonds. The van der Waals surface area contributed by atoms with Crippen molar-refractivity contribution < 1.29 is 24.9 Å². The Bertz CT molecular complexity index is 603. The minimum atomic E-state index is -1.74. The van der Waals surface area contributed by atoms with Gasteiger partial charge in [0.1, 0.15) is 18.3 Å². The average molecular weight is 567 g/mol. The zero-order chi connectivity index (χ0) is 29.7. The van der Waals surface area contributed by atoms with Crippen LogP contribution >= 0.6 is 0 Å². The van der Waals surface area contributed by atoms with Gasteiger partial charge in [-0.05, 0) is 38.5 Å². The summed E-state index contributed by atoms with van der Waals surface area (Å²) in [5, 5.41) is 30.5. The fourth-order valence-corrected chi connectivity index (χ4v) is 5.18. The first kappa shape index (κ1) is 39.0. The molecular weight excluding hydrogens is 500 g/mol. The number of unbranched alkanes of at least 4 members (excludes halogenated alkanes) is 21. The summed E-state index contributed by atoms with van der Waals surface area (Å²) in [6.07, 6.45) is 27.8. The van der Waals surface area contributed by atoms with Crippen LogP contribution in [0.1, 0.15) is 181 Å². The maximum atomic E-state index is 12.3. The van der Waals surface area contributed by atoms with Crippen LogP contribution in [0.4, 0.5) is 0 Å². The molecule has 3 atom stereocenters. The van der Waals surface area contributed by atoms with Crippen LogP contribution in [-0.4, -0.2) is 45.2 Å². The maximum Gasteiger partial charge on any atom is 0.164 e. The number of rotatable bonds is 31. The molecule has 5 nitrogen and oxygen atoms in total. The molecule has 5 heteroatoms. The lowest BCUT2D eigenvalue weighted by Crippen LogP contribution is -2.45. The van der Waals surface area contributed by atoms with E-state index in [1.165, 1.54) is 89.9 Å². The molecule has 0 fully saturated rings. The SMILES string of the molecule is CCCCCCCCC=CCCCCCCCC(=O)C(O)C(O)C(O)C(=O)CCCCCCCCCCCCC. The lowest BCUT2D eigenvalue weighted by molar-refractivity contribution is -0.146. The van der Waals surface area contributed by atoms with Crippen molar-refractivity contribution >= 4 is 11.6 Å². The largest absolute Gasteiger partial charge is 0.387 e. The second-order valence-corrected chi connectivity index (χ2v) is 11.9. The highest BCUT2D eigenvalue weighted by atomic mass is 16.4. The number of aliphatic hydroxyl groups excluding tert-OH is 3. The second-order valence-electron chi connectivity index (χ2n) is 11.9. The molecular formula is C35H66O5. The predicted molar refractivity (Wildman–Crippen MR) is 169 cm³/mol. The highest BCUT2D eigenvalue weighted by Gasteiger charge is 2.33. The van der Waals surface area contributed by atoms with E-state index in [1.54, 1.807) is 0 Å². The molecule has 0 aromatic carbocycles. The number of carbonyl (C=O) groups is 2. The molecule has 0 bridgehead atoms. The molecule has 0 aliphatic rings. The molecule has 0 saturated heterocycles. The summed E-state index contributed by atoms with van der Waals surface area (Å²) in [4.78, 5) is 24.5. The highest BCUT2D eigenvalue weighted by Crippen LogP contribution is 2.15. The Morgan fingerprint density at radius 3 is 1.05 bits per heavy atom. The van der Waals surface area contributed by atoms with Crippen LogP contribution in [0.3, 0.4) is 0 Å². The molecule has 0 saturated carbocycles. The first-order valence-corrected chi connectivity index (χ1v) is 17.2. The average Bonchev–Trinajstić information content (AvgIpc) is 2.96. The van der Waals surface area contributed by atoms with Gasteiger partial charge in [0.05, 0.1) is 0 Å². The number of hydrogen-bond donors (Lipinski definition) is 3. The van der Waals surface area contributed by atoms with E-state index in [2.05, 4.69) is 26.0 Å². The van der Waals surface area contributed by atoms with Gasteiger partial charge in [0.25, 0.3) is 0 Å². The van der Waals surface area contributed by atoms with Crippen molar-refractivity contribution in [2.75, 3.05) is 0 Å². The molecule has 0 heterocycles. The van der Waals surface area contributed by atoms with Gasteiger partial charge in [-0.1, -0.05) is 142 Å². The van der Waals surface area contributed by atoms with Crippen molar-refractivity contribution in [3.8, 4) is 0 Å². The summed E-state index contributed by atoms with van der Waals surface area (Å²) in [6.45, 7) is 4.48. The number of aliphatic hydroxyl groups is 3. The molecule has 0 spiro atoms. The monoisotopic (exact) mass is 566 g/mol. The Morgan fingerprint density at radius 1 is 0.450 bits per heavy atom. The van der Waals surface area contributed by atoms with Crippen molar-refractivity contribution in [3.05, 3.63) is 12.2 Å². The van der Waals surface area contributed by atoms with Crippen LogP contribution in [-0.2, 0) is 9.59 Å². The Balaban J connectivity index is 3.75. The molecule has 0 aromatic rings. The lowest BCUT2D eigenvalue weighted by atomic mass is 9.95. The number of Topliss-reactive ketones (excluding diaryl/α,β-unsaturated/α-hetero) is 2. The normalized spacial score (nSPS) is 14.0. The molecule has 0 rings (SSSR count). The third kappa shape index (κ3) is 23.6. The van der Waals surface area contributed by atoms with E-state index in [9.17, 15) is 24.9 Å². The first-order chi connectivity index (χ1) is 19.5. The van der Waals surface area contributed by atoms with E-state index < -0.39 is 29.9 Å². The van der Waals surface area contributed by atoms with Crippen molar-refractivity contribution in [2.24, 2.45) is 0 Å². The first-order valence-electron chi connectivity index (χ1n) is 17.2. The fraction of sp³-hybridized carbons (Fsp3) is 0.886.